The highest BCUT2D eigenvalue weighted by Gasteiger charge is 2.18. The highest BCUT2D eigenvalue weighted by molar-refractivity contribution is 6.37. The Labute approximate surface area is 127 Å². The highest BCUT2D eigenvalue weighted by atomic mass is 35.5. The van der Waals surface area contributed by atoms with Gasteiger partial charge < -0.3 is 10.7 Å². The van der Waals surface area contributed by atoms with Gasteiger partial charge in [0.2, 0.25) is 0 Å². The molecule has 3 nitrogen and oxygen atoms in total. The first kappa shape index (κ1) is 13.7. The van der Waals surface area contributed by atoms with E-state index in [0.29, 0.717) is 21.8 Å². The number of fused-ring (bicyclic) bond motifs is 1. The fraction of sp³-hybridized carbons (Fsp3) is 0.118. The summed E-state index contributed by atoms with van der Waals surface area (Å²) >= 11 is 6.16. The molecule has 0 saturated heterocycles. The normalized spacial score (nSPS) is 11.0. The van der Waals surface area contributed by atoms with Gasteiger partial charge in [-0.25, -0.2) is 0 Å². The van der Waals surface area contributed by atoms with Gasteiger partial charge in [0.15, 0.2) is 5.78 Å². The third-order valence-electron chi connectivity index (χ3n) is 3.70. The predicted molar refractivity (Wildman–Crippen MR) is 87.0 cm³/mol. The van der Waals surface area contributed by atoms with Gasteiger partial charge in [-0.3, -0.25) is 4.79 Å². The maximum Gasteiger partial charge on any atom is 0.196 e. The Bertz CT molecular complexity index is 836. The van der Waals surface area contributed by atoms with E-state index in [1.807, 2.05) is 12.1 Å². The second-order valence-electron chi connectivity index (χ2n) is 4.93. The van der Waals surface area contributed by atoms with Crippen molar-refractivity contribution in [2.45, 2.75) is 13.3 Å². The third kappa shape index (κ3) is 2.20. The molecule has 106 valence electrons. The molecule has 0 spiro atoms. The summed E-state index contributed by atoms with van der Waals surface area (Å²) in [5.41, 5.74) is 9.43. The molecule has 0 fully saturated rings. The molecule has 3 rings (SSSR count). The molecule has 2 aromatic carbocycles. The maximum atomic E-state index is 12.7. The molecule has 1 heterocycles. The van der Waals surface area contributed by atoms with Gasteiger partial charge in [0, 0.05) is 28.2 Å². The molecule has 0 atom stereocenters. The summed E-state index contributed by atoms with van der Waals surface area (Å²) in [7, 11) is 0. The maximum absolute atomic E-state index is 12.7. The lowest BCUT2D eigenvalue weighted by Gasteiger charge is -2.05. The molecule has 0 saturated carbocycles. The van der Waals surface area contributed by atoms with Gasteiger partial charge in [0.05, 0.1) is 10.7 Å². The largest absolute Gasteiger partial charge is 0.398 e. The number of hydrogen-bond donors (Lipinski definition) is 2. The Morgan fingerprint density at radius 1 is 1.19 bits per heavy atom. The lowest BCUT2D eigenvalue weighted by molar-refractivity contribution is 0.104. The van der Waals surface area contributed by atoms with Crippen LogP contribution in [0.2, 0.25) is 5.02 Å². The zero-order chi connectivity index (χ0) is 15.0. The number of H-pyrrole nitrogens is 1. The number of anilines is 1. The second kappa shape index (κ2) is 5.26. The molecule has 0 aliphatic carbocycles. The number of halogens is 1. The lowest BCUT2D eigenvalue weighted by atomic mass is 10.0. The summed E-state index contributed by atoms with van der Waals surface area (Å²) in [5.74, 6) is -0.119. The number of carbonyl (C=O) groups excluding carboxylic acids is 1. The van der Waals surface area contributed by atoms with Crippen LogP contribution in [0.5, 0.6) is 0 Å². The van der Waals surface area contributed by atoms with Crippen molar-refractivity contribution in [3.8, 4) is 0 Å². The van der Waals surface area contributed by atoms with Gasteiger partial charge in [-0.2, -0.15) is 0 Å². The van der Waals surface area contributed by atoms with Crippen LogP contribution in [0.3, 0.4) is 0 Å². The first-order chi connectivity index (χ1) is 10.1. The van der Waals surface area contributed by atoms with E-state index in [1.54, 1.807) is 24.4 Å². The molecule has 0 bridgehead atoms. The summed E-state index contributed by atoms with van der Waals surface area (Å²) in [6, 6.07) is 11.1. The van der Waals surface area contributed by atoms with E-state index in [2.05, 4.69) is 18.0 Å². The van der Waals surface area contributed by atoms with Gasteiger partial charge in [-0.1, -0.05) is 42.8 Å². The quantitative estimate of drug-likeness (QED) is 0.562. The number of benzene rings is 2. The monoisotopic (exact) mass is 298 g/mol. The number of para-hydroxylation sites is 1. The lowest BCUT2D eigenvalue weighted by Crippen LogP contribution is -2.03. The van der Waals surface area contributed by atoms with Crippen LogP contribution in [0.1, 0.15) is 28.4 Å². The standard InChI is InChI=1S/C17H15ClN2O/c1-2-10-5-3-6-11-13(9-20-16(10)11)17(21)12-7-4-8-14(19)15(12)18/h3-9,20H,2,19H2,1H3. The van der Waals surface area contributed by atoms with Crippen molar-refractivity contribution < 1.29 is 4.79 Å². The highest BCUT2D eigenvalue weighted by Crippen LogP contribution is 2.29. The number of nitrogens with two attached hydrogens (primary N) is 1. The zero-order valence-electron chi connectivity index (χ0n) is 11.6. The van der Waals surface area contributed by atoms with Gasteiger partial charge >= 0.3 is 0 Å². The molecule has 0 aliphatic heterocycles. The van der Waals surface area contributed by atoms with E-state index >= 15 is 0 Å². The average molecular weight is 299 g/mol. The minimum atomic E-state index is -0.119. The SMILES string of the molecule is CCc1cccc2c(C(=O)c3cccc(N)c3Cl)c[nH]c12. The molecule has 3 N–H and O–H groups in total. The Morgan fingerprint density at radius 3 is 2.71 bits per heavy atom. The average Bonchev–Trinajstić information content (AvgIpc) is 2.93. The second-order valence-corrected chi connectivity index (χ2v) is 5.31. The smallest absolute Gasteiger partial charge is 0.196 e. The fourth-order valence-corrected chi connectivity index (χ4v) is 2.78. The summed E-state index contributed by atoms with van der Waals surface area (Å²) in [5, 5.41) is 1.22. The molecule has 21 heavy (non-hydrogen) atoms. The Hall–Kier alpha value is -2.26. The van der Waals surface area contributed by atoms with Crippen LogP contribution in [0.4, 0.5) is 5.69 Å². The Morgan fingerprint density at radius 2 is 1.95 bits per heavy atom. The van der Waals surface area contributed by atoms with Crippen molar-refractivity contribution >= 4 is 34.0 Å². The number of carbonyl (C=O) groups is 1. The number of hydrogen-bond acceptors (Lipinski definition) is 2. The van der Waals surface area contributed by atoms with Crippen LogP contribution >= 0.6 is 11.6 Å². The molecular formula is C17H15ClN2O. The number of aromatic amines is 1. The predicted octanol–water partition coefficient (Wildman–Crippen LogP) is 4.20. The van der Waals surface area contributed by atoms with Gasteiger partial charge in [0.25, 0.3) is 0 Å². The minimum absolute atomic E-state index is 0.119. The van der Waals surface area contributed by atoms with E-state index in [-0.39, 0.29) is 5.78 Å². The number of nitrogen functional groups attached to an aromatic ring is 1. The molecule has 1 aromatic heterocycles. The Kier molecular flexibility index (Phi) is 3.43. The summed E-state index contributed by atoms with van der Waals surface area (Å²) in [6.45, 7) is 2.09. The van der Waals surface area contributed by atoms with E-state index in [1.165, 1.54) is 5.56 Å². The molecule has 3 aromatic rings. The number of nitrogens with one attached hydrogen (secondary N) is 1. The van der Waals surface area contributed by atoms with Crippen LogP contribution in [0.15, 0.2) is 42.6 Å². The first-order valence-electron chi connectivity index (χ1n) is 6.81. The fourth-order valence-electron chi connectivity index (χ4n) is 2.57. The van der Waals surface area contributed by atoms with E-state index in [9.17, 15) is 4.79 Å². The van der Waals surface area contributed by atoms with Crippen LogP contribution in [-0.2, 0) is 6.42 Å². The van der Waals surface area contributed by atoms with Crippen molar-refractivity contribution in [1.29, 1.82) is 0 Å². The van der Waals surface area contributed by atoms with Crippen LogP contribution < -0.4 is 5.73 Å². The van der Waals surface area contributed by atoms with Crippen molar-refractivity contribution in [3.05, 3.63) is 64.3 Å². The molecule has 0 amide bonds. The number of rotatable bonds is 3. The van der Waals surface area contributed by atoms with Crippen LogP contribution in [0.25, 0.3) is 10.9 Å². The van der Waals surface area contributed by atoms with Crippen molar-refractivity contribution in [2.75, 3.05) is 5.73 Å². The van der Waals surface area contributed by atoms with Gasteiger partial charge in [-0.15, -0.1) is 0 Å². The van der Waals surface area contributed by atoms with E-state index < -0.39 is 0 Å². The summed E-state index contributed by atoms with van der Waals surface area (Å²) in [4.78, 5) is 15.9. The van der Waals surface area contributed by atoms with Crippen molar-refractivity contribution in [3.63, 3.8) is 0 Å². The van der Waals surface area contributed by atoms with Crippen molar-refractivity contribution in [2.24, 2.45) is 0 Å². The summed E-state index contributed by atoms with van der Waals surface area (Å²) < 4.78 is 0. The van der Waals surface area contributed by atoms with Gasteiger partial charge in [-0.05, 0) is 24.1 Å². The molecule has 0 unspecified atom stereocenters. The molecule has 4 heteroatoms. The summed E-state index contributed by atoms with van der Waals surface area (Å²) in [6.07, 6.45) is 2.65. The number of aryl methyl sites for hydroxylation is 1. The Balaban J connectivity index is 2.17. The van der Waals surface area contributed by atoms with E-state index in [4.69, 9.17) is 17.3 Å². The minimum Gasteiger partial charge on any atom is -0.398 e. The van der Waals surface area contributed by atoms with E-state index in [0.717, 1.165) is 17.3 Å². The molecule has 0 aliphatic rings. The zero-order valence-corrected chi connectivity index (χ0v) is 12.4. The molecular weight excluding hydrogens is 284 g/mol. The topological polar surface area (TPSA) is 58.9 Å². The number of ketones is 1. The third-order valence-corrected chi connectivity index (χ3v) is 4.12. The first-order valence-corrected chi connectivity index (χ1v) is 7.19. The number of aromatic nitrogens is 1. The van der Waals surface area contributed by atoms with Crippen molar-refractivity contribution in [1.82, 2.24) is 4.98 Å². The van der Waals surface area contributed by atoms with Gasteiger partial charge in [0.1, 0.15) is 0 Å². The molecule has 0 radical (unpaired) electrons. The van der Waals surface area contributed by atoms with Crippen LogP contribution in [0, 0.1) is 0 Å². The van der Waals surface area contributed by atoms with Crippen LogP contribution in [-0.4, -0.2) is 10.8 Å².